The Kier molecular flexibility index (Phi) is 5.66. The van der Waals surface area contributed by atoms with Crippen molar-refractivity contribution in [2.24, 2.45) is 0 Å². The molecule has 2 aromatic heterocycles. The van der Waals surface area contributed by atoms with Crippen molar-refractivity contribution >= 4 is 29.1 Å². The summed E-state index contributed by atoms with van der Waals surface area (Å²) in [6.45, 7) is 3.36. The number of amides is 1. The number of hydrogen-bond acceptors (Lipinski definition) is 6. The number of ether oxygens (including phenoxy) is 1. The van der Waals surface area contributed by atoms with E-state index < -0.39 is 6.10 Å². The number of pyridine rings is 1. The van der Waals surface area contributed by atoms with E-state index in [2.05, 4.69) is 15.3 Å². The van der Waals surface area contributed by atoms with Gasteiger partial charge in [-0.15, -0.1) is 0 Å². The summed E-state index contributed by atoms with van der Waals surface area (Å²) in [6, 6.07) is 9.41. The van der Waals surface area contributed by atoms with E-state index in [0.29, 0.717) is 30.4 Å². The lowest BCUT2D eigenvalue weighted by Crippen LogP contribution is -2.45. The fourth-order valence-corrected chi connectivity index (χ4v) is 4.52. The van der Waals surface area contributed by atoms with Gasteiger partial charge in [-0.25, -0.2) is 9.97 Å². The highest BCUT2D eigenvalue weighted by Crippen LogP contribution is 2.33. The Morgan fingerprint density at radius 3 is 2.88 bits per heavy atom. The zero-order valence-electron chi connectivity index (χ0n) is 17.8. The Morgan fingerprint density at radius 1 is 1.22 bits per heavy atom. The quantitative estimate of drug-likeness (QED) is 0.640. The van der Waals surface area contributed by atoms with Gasteiger partial charge in [0.15, 0.2) is 6.10 Å². The highest BCUT2D eigenvalue weighted by atomic mass is 35.5. The topological polar surface area (TPSA) is 80.2 Å². The summed E-state index contributed by atoms with van der Waals surface area (Å²) >= 11 is 6.07. The van der Waals surface area contributed by atoms with E-state index in [1.54, 1.807) is 18.5 Å². The van der Waals surface area contributed by atoms with Crippen molar-refractivity contribution in [2.75, 3.05) is 18.4 Å². The first-order valence-corrected chi connectivity index (χ1v) is 11.2. The number of carbonyl (C=O) groups is 1. The van der Waals surface area contributed by atoms with E-state index >= 15 is 0 Å². The molecule has 32 heavy (non-hydrogen) atoms. The minimum Gasteiger partial charge on any atom is -0.480 e. The number of benzene rings is 1. The maximum atomic E-state index is 13.0. The summed E-state index contributed by atoms with van der Waals surface area (Å²) in [7, 11) is 0. The lowest BCUT2D eigenvalue weighted by molar-refractivity contribution is -0.139. The molecule has 7 nitrogen and oxygen atoms in total. The van der Waals surface area contributed by atoms with Crippen LogP contribution in [0.2, 0.25) is 5.02 Å². The van der Waals surface area contributed by atoms with Crippen LogP contribution in [0.5, 0.6) is 5.75 Å². The molecule has 0 radical (unpaired) electrons. The van der Waals surface area contributed by atoms with Crippen molar-refractivity contribution in [3.63, 3.8) is 0 Å². The minimum absolute atomic E-state index is 0.0444. The van der Waals surface area contributed by atoms with E-state index in [1.807, 2.05) is 42.3 Å². The van der Waals surface area contributed by atoms with Gasteiger partial charge in [0.1, 0.15) is 17.4 Å². The predicted molar refractivity (Wildman–Crippen MR) is 122 cm³/mol. The van der Waals surface area contributed by atoms with Crippen LogP contribution in [0.15, 0.2) is 48.9 Å². The first-order chi connectivity index (χ1) is 15.6. The van der Waals surface area contributed by atoms with Crippen LogP contribution in [0.1, 0.15) is 35.6 Å². The number of nitrogens with one attached hydrogen (secondary N) is 1. The normalized spacial score (nSPS) is 18.2. The molecular formula is C24H24ClN5O2. The number of piperidine rings is 1. The molecule has 0 aliphatic carbocycles. The van der Waals surface area contributed by atoms with Gasteiger partial charge in [0, 0.05) is 42.8 Å². The van der Waals surface area contributed by atoms with E-state index in [9.17, 15) is 4.79 Å². The summed E-state index contributed by atoms with van der Waals surface area (Å²) in [5, 5.41) is 3.92. The molecule has 0 bridgehead atoms. The summed E-state index contributed by atoms with van der Waals surface area (Å²) in [5.74, 6) is 2.52. The Bertz CT molecular complexity index is 1150. The lowest BCUT2D eigenvalue weighted by Gasteiger charge is -2.33. The number of anilines is 2. The third-order valence-corrected chi connectivity index (χ3v) is 6.34. The van der Waals surface area contributed by atoms with Gasteiger partial charge in [0.25, 0.3) is 5.91 Å². The van der Waals surface area contributed by atoms with Crippen LogP contribution < -0.4 is 10.1 Å². The van der Waals surface area contributed by atoms with Gasteiger partial charge >= 0.3 is 0 Å². The average molecular weight is 450 g/mol. The van der Waals surface area contributed by atoms with Gasteiger partial charge in [-0.3, -0.25) is 9.78 Å². The second-order valence-corrected chi connectivity index (χ2v) is 8.72. The van der Waals surface area contributed by atoms with Gasteiger partial charge in [0.05, 0.1) is 11.9 Å². The minimum atomic E-state index is -0.464. The van der Waals surface area contributed by atoms with Crippen LogP contribution in [0.25, 0.3) is 0 Å². The molecule has 0 unspecified atom stereocenters. The molecule has 1 aromatic carbocycles. The van der Waals surface area contributed by atoms with Crippen LogP contribution in [0.4, 0.5) is 11.6 Å². The first-order valence-electron chi connectivity index (χ1n) is 10.8. The summed E-state index contributed by atoms with van der Waals surface area (Å²) in [4.78, 5) is 28.4. The molecule has 1 amide bonds. The van der Waals surface area contributed by atoms with E-state index in [4.69, 9.17) is 21.3 Å². The number of aryl methyl sites for hydroxylation is 1. The Hall–Kier alpha value is -3.19. The second-order valence-electron chi connectivity index (χ2n) is 8.29. The number of nitrogens with zero attached hydrogens (tertiary/aromatic N) is 4. The standard InChI is InChI=1S/C24H24ClN5O2/c1-15-3-2-8-27-23(15)29-22-14-26-13-19(28-22)16-6-9-30(10-7-16)24(31)21-12-17-11-18(25)4-5-20(17)32-21/h2-5,8,11,13-14,16,21H,6-7,9-10,12H2,1H3,(H,27,28,29)/t21-/m1/s1. The molecule has 8 heteroatoms. The molecule has 5 rings (SSSR count). The number of halogens is 1. The molecule has 1 N–H and O–H groups in total. The summed E-state index contributed by atoms with van der Waals surface area (Å²) < 4.78 is 5.88. The zero-order valence-corrected chi connectivity index (χ0v) is 18.5. The molecule has 164 valence electrons. The number of rotatable bonds is 4. The molecule has 0 saturated carbocycles. The van der Waals surface area contributed by atoms with Crippen molar-refractivity contribution < 1.29 is 9.53 Å². The summed E-state index contributed by atoms with van der Waals surface area (Å²) in [6.07, 6.45) is 7.07. The van der Waals surface area contributed by atoms with Crippen molar-refractivity contribution in [1.82, 2.24) is 19.9 Å². The third-order valence-electron chi connectivity index (χ3n) is 6.11. The van der Waals surface area contributed by atoms with Gasteiger partial charge in [-0.05, 0) is 55.2 Å². The van der Waals surface area contributed by atoms with Gasteiger partial charge < -0.3 is 15.0 Å². The van der Waals surface area contributed by atoms with E-state index in [1.165, 1.54) is 0 Å². The van der Waals surface area contributed by atoms with Crippen LogP contribution in [-0.2, 0) is 11.2 Å². The molecule has 1 saturated heterocycles. The van der Waals surface area contributed by atoms with Crippen LogP contribution in [0, 0.1) is 6.92 Å². The van der Waals surface area contributed by atoms with Gasteiger partial charge in [-0.2, -0.15) is 0 Å². The maximum absolute atomic E-state index is 13.0. The van der Waals surface area contributed by atoms with Crippen molar-refractivity contribution in [2.45, 2.75) is 38.2 Å². The van der Waals surface area contributed by atoms with Crippen LogP contribution in [-0.4, -0.2) is 45.0 Å². The monoisotopic (exact) mass is 449 g/mol. The van der Waals surface area contributed by atoms with Crippen LogP contribution >= 0.6 is 11.6 Å². The molecule has 1 fully saturated rings. The van der Waals surface area contributed by atoms with Crippen molar-refractivity contribution in [1.29, 1.82) is 0 Å². The molecule has 2 aliphatic rings. The molecule has 3 aromatic rings. The van der Waals surface area contributed by atoms with E-state index in [-0.39, 0.29) is 11.8 Å². The van der Waals surface area contributed by atoms with Crippen molar-refractivity contribution in [3.8, 4) is 5.75 Å². The Morgan fingerprint density at radius 2 is 2.06 bits per heavy atom. The smallest absolute Gasteiger partial charge is 0.263 e. The Balaban J connectivity index is 1.20. The second kappa shape index (κ2) is 8.74. The SMILES string of the molecule is Cc1cccnc1Nc1cncc(C2CCN(C(=O)[C@H]3Cc4cc(Cl)ccc4O3)CC2)n1. The fourth-order valence-electron chi connectivity index (χ4n) is 4.33. The molecule has 4 heterocycles. The first kappa shape index (κ1) is 20.7. The number of hydrogen-bond donors (Lipinski definition) is 1. The third kappa shape index (κ3) is 4.25. The number of aromatic nitrogens is 3. The Labute approximate surface area is 191 Å². The average Bonchev–Trinajstić information content (AvgIpc) is 3.24. The van der Waals surface area contributed by atoms with Gasteiger partial charge in [-0.1, -0.05) is 17.7 Å². The lowest BCUT2D eigenvalue weighted by atomic mass is 9.93. The van der Waals surface area contributed by atoms with Crippen molar-refractivity contribution in [3.05, 3.63) is 70.8 Å². The van der Waals surface area contributed by atoms with Crippen LogP contribution in [0.3, 0.4) is 0 Å². The number of likely N-dealkylation sites (tertiary alicyclic amines) is 1. The molecule has 1 atom stereocenters. The number of carbonyl (C=O) groups excluding carboxylic acids is 1. The zero-order chi connectivity index (χ0) is 22.1. The van der Waals surface area contributed by atoms with E-state index in [0.717, 1.165) is 41.2 Å². The number of fused-ring (bicyclic) bond motifs is 1. The molecule has 0 spiro atoms. The van der Waals surface area contributed by atoms with Gasteiger partial charge in [0.2, 0.25) is 0 Å². The molecular weight excluding hydrogens is 426 g/mol. The summed E-state index contributed by atoms with van der Waals surface area (Å²) in [5.41, 5.74) is 2.98. The largest absolute Gasteiger partial charge is 0.480 e. The highest BCUT2D eigenvalue weighted by Gasteiger charge is 2.34. The molecule has 2 aliphatic heterocycles. The maximum Gasteiger partial charge on any atom is 0.263 e. The highest BCUT2D eigenvalue weighted by molar-refractivity contribution is 6.30. The predicted octanol–water partition coefficient (Wildman–Crippen LogP) is 4.29. The fraction of sp³-hybridized carbons (Fsp3) is 0.333.